The van der Waals surface area contributed by atoms with Crippen LogP contribution in [0.2, 0.25) is 0 Å². The molecule has 1 atom stereocenters. The van der Waals surface area contributed by atoms with Gasteiger partial charge in [0.25, 0.3) is 5.69 Å². The quantitative estimate of drug-likeness (QED) is 0.466. The molecule has 11 heteroatoms. The van der Waals surface area contributed by atoms with Crippen molar-refractivity contribution in [2.45, 2.75) is 19.0 Å². The highest BCUT2D eigenvalue weighted by Gasteiger charge is 2.37. The van der Waals surface area contributed by atoms with Crippen LogP contribution in [0.25, 0.3) is 0 Å². The SMILES string of the molecule is O=C(Nc1cc([N+](=O)[O-])ccc1F)C1CCCN(c2ncccc2C(F)(F)F)C1. The van der Waals surface area contributed by atoms with Gasteiger partial charge in [0.2, 0.25) is 5.91 Å². The van der Waals surface area contributed by atoms with Gasteiger partial charge in [-0.05, 0) is 31.0 Å². The van der Waals surface area contributed by atoms with E-state index in [0.717, 1.165) is 24.3 Å². The van der Waals surface area contributed by atoms with Crippen LogP contribution >= 0.6 is 0 Å². The number of hydrogen-bond donors (Lipinski definition) is 1. The Kier molecular flexibility index (Phi) is 5.66. The lowest BCUT2D eigenvalue weighted by Crippen LogP contribution is -2.42. The number of non-ortho nitro benzene ring substituents is 1. The van der Waals surface area contributed by atoms with Gasteiger partial charge in [0.05, 0.1) is 22.1 Å². The molecule has 1 N–H and O–H groups in total. The Morgan fingerprint density at radius 2 is 2.07 bits per heavy atom. The first kappa shape index (κ1) is 20.5. The van der Waals surface area contributed by atoms with Crippen molar-refractivity contribution in [3.63, 3.8) is 0 Å². The largest absolute Gasteiger partial charge is 0.419 e. The second-order valence-electron chi connectivity index (χ2n) is 6.57. The smallest absolute Gasteiger partial charge is 0.355 e. The Morgan fingerprint density at radius 1 is 1.31 bits per heavy atom. The lowest BCUT2D eigenvalue weighted by atomic mass is 9.96. The highest BCUT2D eigenvalue weighted by molar-refractivity contribution is 5.93. The van der Waals surface area contributed by atoms with Crippen molar-refractivity contribution in [2.24, 2.45) is 5.92 Å². The fourth-order valence-corrected chi connectivity index (χ4v) is 3.21. The normalized spacial score (nSPS) is 17.1. The van der Waals surface area contributed by atoms with Gasteiger partial charge in [-0.2, -0.15) is 13.2 Å². The van der Waals surface area contributed by atoms with Crippen molar-refractivity contribution in [3.05, 3.63) is 58.0 Å². The molecule has 0 radical (unpaired) electrons. The number of aromatic nitrogens is 1. The molecule has 1 fully saturated rings. The molecule has 2 aromatic rings. The van der Waals surface area contributed by atoms with Gasteiger partial charge >= 0.3 is 6.18 Å². The molecule has 2 heterocycles. The van der Waals surface area contributed by atoms with Crippen molar-refractivity contribution < 1.29 is 27.3 Å². The summed E-state index contributed by atoms with van der Waals surface area (Å²) in [5.74, 6) is -2.47. The van der Waals surface area contributed by atoms with Crippen molar-refractivity contribution in [1.29, 1.82) is 0 Å². The van der Waals surface area contributed by atoms with Crippen molar-refractivity contribution in [1.82, 2.24) is 4.98 Å². The number of carbonyl (C=O) groups excluding carboxylic acids is 1. The Balaban J connectivity index is 1.78. The maximum absolute atomic E-state index is 13.9. The summed E-state index contributed by atoms with van der Waals surface area (Å²) >= 11 is 0. The molecule has 0 saturated carbocycles. The molecule has 1 saturated heterocycles. The third kappa shape index (κ3) is 4.61. The zero-order valence-electron chi connectivity index (χ0n) is 14.9. The highest BCUT2D eigenvalue weighted by Crippen LogP contribution is 2.36. The maximum Gasteiger partial charge on any atom is 0.419 e. The van der Waals surface area contributed by atoms with E-state index < -0.39 is 40.0 Å². The molecule has 7 nitrogen and oxygen atoms in total. The van der Waals surface area contributed by atoms with Crippen LogP contribution in [-0.4, -0.2) is 28.9 Å². The summed E-state index contributed by atoms with van der Waals surface area (Å²) in [7, 11) is 0. The predicted octanol–water partition coefficient (Wildman–Crippen LogP) is 4.00. The third-order valence-corrected chi connectivity index (χ3v) is 4.60. The fourth-order valence-electron chi connectivity index (χ4n) is 3.21. The molecule has 1 unspecified atom stereocenters. The second-order valence-corrected chi connectivity index (χ2v) is 6.57. The second kappa shape index (κ2) is 8.02. The van der Waals surface area contributed by atoms with E-state index in [1.165, 1.54) is 17.2 Å². The summed E-state index contributed by atoms with van der Waals surface area (Å²) in [5, 5.41) is 13.1. The average Bonchev–Trinajstić information content (AvgIpc) is 2.69. The number of hydrogen-bond acceptors (Lipinski definition) is 5. The molecule has 0 aliphatic carbocycles. The van der Waals surface area contributed by atoms with Crippen LogP contribution in [0.5, 0.6) is 0 Å². The molecule has 29 heavy (non-hydrogen) atoms. The number of benzene rings is 1. The summed E-state index contributed by atoms with van der Waals surface area (Å²) < 4.78 is 53.7. The molecule has 0 spiro atoms. The van der Waals surface area contributed by atoms with Gasteiger partial charge in [0, 0.05) is 31.4 Å². The van der Waals surface area contributed by atoms with Crippen LogP contribution in [0.1, 0.15) is 18.4 Å². The number of anilines is 2. The molecule has 3 rings (SSSR count). The Hall–Kier alpha value is -3.24. The van der Waals surface area contributed by atoms with E-state index in [9.17, 15) is 32.5 Å². The van der Waals surface area contributed by atoms with E-state index in [-0.39, 0.29) is 24.6 Å². The Labute approximate surface area is 162 Å². The highest BCUT2D eigenvalue weighted by atomic mass is 19.4. The zero-order chi connectivity index (χ0) is 21.2. The number of pyridine rings is 1. The first-order valence-corrected chi connectivity index (χ1v) is 8.69. The van der Waals surface area contributed by atoms with E-state index in [0.29, 0.717) is 12.8 Å². The number of nitrogens with zero attached hydrogens (tertiary/aromatic N) is 3. The van der Waals surface area contributed by atoms with Crippen LogP contribution in [-0.2, 0) is 11.0 Å². The average molecular weight is 412 g/mol. The molecule has 1 aliphatic rings. The van der Waals surface area contributed by atoms with Gasteiger partial charge in [0.15, 0.2) is 0 Å². The zero-order valence-corrected chi connectivity index (χ0v) is 14.9. The summed E-state index contributed by atoms with van der Waals surface area (Å²) in [4.78, 5) is 27.9. The summed E-state index contributed by atoms with van der Waals surface area (Å²) in [5.41, 5.74) is -1.64. The fraction of sp³-hybridized carbons (Fsp3) is 0.333. The summed E-state index contributed by atoms with van der Waals surface area (Å²) in [6, 6.07) is 4.84. The molecule has 154 valence electrons. The van der Waals surface area contributed by atoms with Crippen LogP contribution in [0.15, 0.2) is 36.5 Å². The van der Waals surface area contributed by atoms with E-state index in [1.54, 1.807) is 0 Å². The first-order valence-electron chi connectivity index (χ1n) is 8.69. The number of piperidine rings is 1. The van der Waals surface area contributed by atoms with Gasteiger partial charge < -0.3 is 10.2 Å². The van der Waals surface area contributed by atoms with Crippen LogP contribution in [0.3, 0.4) is 0 Å². The molecular formula is C18H16F4N4O3. The van der Waals surface area contributed by atoms with Crippen molar-refractivity contribution >= 4 is 23.1 Å². The van der Waals surface area contributed by atoms with Crippen LogP contribution < -0.4 is 10.2 Å². The van der Waals surface area contributed by atoms with Gasteiger partial charge in [-0.3, -0.25) is 14.9 Å². The van der Waals surface area contributed by atoms with Crippen molar-refractivity contribution in [2.75, 3.05) is 23.3 Å². The first-order chi connectivity index (χ1) is 13.7. The number of halogens is 4. The maximum atomic E-state index is 13.9. The van der Waals surface area contributed by atoms with Crippen LogP contribution in [0, 0.1) is 21.8 Å². The van der Waals surface area contributed by atoms with Gasteiger partial charge in [-0.15, -0.1) is 0 Å². The summed E-state index contributed by atoms with van der Waals surface area (Å²) in [6.45, 7) is 0.248. The van der Waals surface area contributed by atoms with Gasteiger partial charge in [0.1, 0.15) is 11.6 Å². The molecule has 1 aromatic heterocycles. The molecule has 0 bridgehead atoms. The van der Waals surface area contributed by atoms with Gasteiger partial charge in [-0.1, -0.05) is 0 Å². The lowest BCUT2D eigenvalue weighted by molar-refractivity contribution is -0.384. The van der Waals surface area contributed by atoms with E-state index >= 15 is 0 Å². The number of amides is 1. The number of nitro groups is 1. The molecule has 1 aliphatic heterocycles. The van der Waals surface area contributed by atoms with E-state index in [4.69, 9.17) is 0 Å². The number of rotatable bonds is 4. The minimum Gasteiger partial charge on any atom is -0.355 e. The number of nitro benzene ring substituents is 1. The summed E-state index contributed by atoms with van der Waals surface area (Å²) in [6.07, 6.45) is -2.53. The Bertz CT molecular complexity index is 936. The minimum atomic E-state index is -4.59. The van der Waals surface area contributed by atoms with Gasteiger partial charge in [-0.25, -0.2) is 9.37 Å². The lowest BCUT2D eigenvalue weighted by Gasteiger charge is -2.34. The molecular weight excluding hydrogens is 396 g/mol. The third-order valence-electron chi connectivity index (χ3n) is 4.60. The minimum absolute atomic E-state index is 0.0392. The van der Waals surface area contributed by atoms with Crippen molar-refractivity contribution in [3.8, 4) is 0 Å². The number of alkyl halides is 3. The van der Waals surface area contributed by atoms with Crippen LogP contribution in [0.4, 0.5) is 34.8 Å². The topological polar surface area (TPSA) is 88.4 Å². The predicted molar refractivity (Wildman–Crippen MR) is 95.9 cm³/mol. The standard InChI is InChI=1S/C18H16F4N4O3/c19-14-6-5-12(26(28)29)9-15(14)24-17(27)11-3-2-8-25(10-11)16-13(18(20,21)22)4-1-7-23-16/h1,4-7,9,11H,2-3,8,10H2,(H,24,27). The number of nitrogens with one attached hydrogen (secondary N) is 1. The Morgan fingerprint density at radius 3 is 2.76 bits per heavy atom. The van der Waals surface area contributed by atoms with E-state index in [1.807, 2.05) is 0 Å². The monoisotopic (exact) mass is 412 g/mol. The molecule has 1 amide bonds. The molecule has 1 aromatic carbocycles. The number of carbonyl (C=O) groups is 1. The van der Waals surface area contributed by atoms with E-state index in [2.05, 4.69) is 10.3 Å².